The Hall–Kier alpha value is -3.60. The molecular formula is C45H67N3O12. The van der Waals surface area contributed by atoms with Gasteiger partial charge in [-0.15, -0.1) is 0 Å². The second kappa shape index (κ2) is 20.1. The number of rotatable bonds is 21. The largest absolute Gasteiger partial charge is 0.499 e. The first-order chi connectivity index (χ1) is 28.8. The molecule has 1 aliphatic carbocycles. The average Bonchev–Trinajstić information content (AvgIpc) is 3.94. The molecule has 60 heavy (non-hydrogen) atoms. The summed E-state index contributed by atoms with van der Waals surface area (Å²) in [6.45, 7) is 9.63. The van der Waals surface area contributed by atoms with Crippen molar-refractivity contribution >= 4 is 29.8 Å². The topological polar surface area (TPSA) is 183 Å². The summed E-state index contributed by atoms with van der Waals surface area (Å²) in [6.07, 6.45) is 8.55. The van der Waals surface area contributed by atoms with Crippen molar-refractivity contribution in [2.75, 3.05) is 26.4 Å². The van der Waals surface area contributed by atoms with Gasteiger partial charge in [0.1, 0.15) is 48.1 Å². The lowest BCUT2D eigenvalue weighted by Crippen LogP contribution is -2.70. The molecule has 0 radical (unpaired) electrons. The molecule has 15 heteroatoms. The lowest BCUT2D eigenvalue weighted by molar-refractivity contribution is -0.225. The van der Waals surface area contributed by atoms with Crippen molar-refractivity contribution in [2.24, 2.45) is 5.41 Å². The van der Waals surface area contributed by atoms with Gasteiger partial charge in [0.15, 0.2) is 11.8 Å². The van der Waals surface area contributed by atoms with E-state index in [4.69, 9.17) is 28.5 Å². The fourth-order valence-electron chi connectivity index (χ4n) is 9.67. The SMILES string of the molecule is CCCCCC1(CCCCC)O[C@@H]2[C@H](O1)[C@H]1ON(Cc3ccccc3C=COCCO)[C@H]3C(=O)O[C@@H]2C[C@@]13C(=O)N1CCC[C@@H]1C(=O)N[C@H](CO)CCC(=O)OC(C)(C)C. The second-order valence-corrected chi connectivity index (χ2v) is 18.0. The van der Waals surface area contributed by atoms with Crippen LogP contribution in [-0.4, -0.2) is 124 Å². The first-order valence-corrected chi connectivity index (χ1v) is 22.2. The number of nitrogens with one attached hydrogen (secondary N) is 1. The smallest absolute Gasteiger partial charge is 0.327 e. The van der Waals surface area contributed by atoms with Crippen LogP contribution in [0.25, 0.3) is 6.08 Å². The molecule has 334 valence electrons. The van der Waals surface area contributed by atoms with Gasteiger partial charge in [0.2, 0.25) is 11.8 Å². The van der Waals surface area contributed by atoms with Crippen molar-refractivity contribution in [3.05, 3.63) is 41.7 Å². The monoisotopic (exact) mass is 841 g/mol. The second-order valence-electron chi connectivity index (χ2n) is 18.0. The molecule has 0 unspecified atom stereocenters. The quantitative estimate of drug-likeness (QED) is 0.0882. The Labute approximate surface area is 354 Å². The summed E-state index contributed by atoms with van der Waals surface area (Å²) in [7, 11) is 0. The fraction of sp³-hybridized carbons (Fsp3) is 0.733. The van der Waals surface area contributed by atoms with Crippen molar-refractivity contribution in [3.63, 3.8) is 0 Å². The molecule has 1 saturated carbocycles. The molecule has 2 bridgehead atoms. The molecule has 3 N–H and O–H groups in total. The number of benzene rings is 1. The zero-order valence-electron chi connectivity index (χ0n) is 36.1. The Morgan fingerprint density at radius 2 is 1.75 bits per heavy atom. The number of hydrogen-bond acceptors (Lipinski definition) is 13. The summed E-state index contributed by atoms with van der Waals surface area (Å²) in [4.78, 5) is 65.0. The Kier molecular flexibility index (Phi) is 15.4. The van der Waals surface area contributed by atoms with E-state index in [1.165, 1.54) is 6.26 Å². The van der Waals surface area contributed by atoms with Crippen LogP contribution in [0.4, 0.5) is 0 Å². The summed E-state index contributed by atoms with van der Waals surface area (Å²) >= 11 is 0. The molecule has 4 heterocycles. The number of hydroxylamine groups is 2. The van der Waals surface area contributed by atoms with Crippen molar-refractivity contribution in [3.8, 4) is 0 Å². The number of likely N-dealkylation sites (tertiary alicyclic amines) is 1. The molecule has 1 aromatic rings. The van der Waals surface area contributed by atoms with Gasteiger partial charge in [-0.1, -0.05) is 63.8 Å². The van der Waals surface area contributed by atoms with Gasteiger partial charge in [-0.05, 0) is 70.1 Å². The van der Waals surface area contributed by atoms with Crippen LogP contribution in [0.2, 0.25) is 0 Å². The van der Waals surface area contributed by atoms with Gasteiger partial charge in [0, 0.05) is 32.2 Å². The maximum atomic E-state index is 15.6. The minimum absolute atomic E-state index is 0.00313. The third-order valence-electron chi connectivity index (χ3n) is 12.4. The molecule has 1 aromatic carbocycles. The molecule has 5 aliphatic rings. The number of unbranched alkanes of at least 4 members (excludes halogenated alkanes) is 4. The van der Waals surface area contributed by atoms with Gasteiger partial charge in [0.25, 0.3) is 0 Å². The molecule has 15 nitrogen and oxygen atoms in total. The number of amides is 2. The summed E-state index contributed by atoms with van der Waals surface area (Å²) in [5.74, 6) is -2.78. The number of esters is 2. The Morgan fingerprint density at radius 1 is 1.03 bits per heavy atom. The number of aliphatic hydroxyl groups is 2. The molecule has 6 rings (SSSR count). The van der Waals surface area contributed by atoms with Crippen LogP contribution in [0.3, 0.4) is 0 Å². The van der Waals surface area contributed by atoms with Crippen molar-refractivity contribution in [1.82, 2.24) is 15.3 Å². The Bertz CT molecular complexity index is 1670. The van der Waals surface area contributed by atoms with Crippen LogP contribution in [0.15, 0.2) is 30.5 Å². The Balaban J connectivity index is 1.32. The summed E-state index contributed by atoms with van der Waals surface area (Å²) in [5.41, 5.74) is -0.551. The summed E-state index contributed by atoms with van der Waals surface area (Å²) < 4.78 is 31.1. The molecular weight excluding hydrogens is 775 g/mol. The molecule has 2 amide bonds. The van der Waals surface area contributed by atoms with E-state index in [0.29, 0.717) is 25.7 Å². The van der Waals surface area contributed by atoms with Crippen LogP contribution >= 0.6 is 0 Å². The van der Waals surface area contributed by atoms with Gasteiger partial charge < -0.3 is 44.1 Å². The average molecular weight is 842 g/mol. The number of carbonyl (C=O) groups excluding carboxylic acids is 4. The van der Waals surface area contributed by atoms with Crippen LogP contribution in [0, 0.1) is 5.41 Å². The highest BCUT2D eigenvalue weighted by Gasteiger charge is 2.77. The van der Waals surface area contributed by atoms with Crippen LogP contribution < -0.4 is 5.32 Å². The zero-order chi connectivity index (χ0) is 43.1. The third-order valence-corrected chi connectivity index (χ3v) is 12.4. The van der Waals surface area contributed by atoms with Gasteiger partial charge in [-0.25, -0.2) is 0 Å². The molecule has 0 spiro atoms. The minimum Gasteiger partial charge on any atom is -0.499 e. The first kappa shape index (κ1) is 45.9. The van der Waals surface area contributed by atoms with Gasteiger partial charge in [-0.2, -0.15) is 5.06 Å². The standard InChI is InChI=1S/C45H67N3O12/c1-6-8-12-21-44(22-13-9-7-2)58-36-34-27-45(42(54)47-23-14-17-33(47)40(52)46-32(29-50)18-19-35(51)57-43(3,4)5)38(41(53)56-34)48(60-39(45)37(36)59-44)28-31-16-11-10-15-30(31)20-25-55-26-24-49/h10-11,15-16,20,25,32-34,36-39,49-50H,6-9,12-14,17-19,21-24,26-29H2,1-5H3,(H,46,52)/t32-,33+,34+,36-,37-,38-,39+,45-/m0/s1. The van der Waals surface area contributed by atoms with E-state index in [1.807, 2.05) is 24.3 Å². The van der Waals surface area contributed by atoms with Gasteiger partial charge in [-0.3, -0.25) is 24.0 Å². The van der Waals surface area contributed by atoms with E-state index in [0.717, 1.165) is 49.7 Å². The molecule has 4 aliphatic heterocycles. The maximum Gasteiger partial charge on any atom is 0.327 e. The Morgan fingerprint density at radius 3 is 2.43 bits per heavy atom. The van der Waals surface area contributed by atoms with Crippen LogP contribution in [-0.2, 0) is 54.2 Å². The van der Waals surface area contributed by atoms with E-state index in [2.05, 4.69) is 19.2 Å². The number of aliphatic hydroxyl groups excluding tert-OH is 2. The molecule has 8 atom stereocenters. The molecule has 0 aromatic heterocycles. The predicted octanol–water partition coefficient (Wildman–Crippen LogP) is 4.70. The minimum atomic E-state index is -1.47. The van der Waals surface area contributed by atoms with E-state index in [1.54, 1.807) is 36.8 Å². The zero-order valence-corrected chi connectivity index (χ0v) is 36.1. The van der Waals surface area contributed by atoms with E-state index in [-0.39, 0.29) is 51.5 Å². The van der Waals surface area contributed by atoms with Crippen LogP contribution in [0.1, 0.15) is 129 Å². The van der Waals surface area contributed by atoms with Gasteiger partial charge in [0.05, 0.1) is 32.1 Å². The fourth-order valence-corrected chi connectivity index (χ4v) is 9.67. The number of carbonyl (C=O) groups is 4. The van der Waals surface area contributed by atoms with E-state index < -0.39 is 83.8 Å². The molecule has 5 fully saturated rings. The van der Waals surface area contributed by atoms with Crippen LogP contribution in [0.5, 0.6) is 0 Å². The van der Waals surface area contributed by atoms with Gasteiger partial charge >= 0.3 is 11.9 Å². The highest BCUT2D eigenvalue weighted by Crippen LogP contribution is 2.59. The normalized spacial score (nSPS) is 28.7. The highest BCUT2D eigenvalue weighted by atomic mass is 16.8. The number of nitrogens with zero attached hydrogens (tertiary/aromatic N) is 2. The van der Waals surface area contributed by atoms with Crippen molar-refractivity contribution < 1.29 is 57.9 Å². The summed E-state index contributed by atoms with van der Waals surface area (Å²) in [6, 6.07) is 4.81. The number of ether oxygens (including phenoxy) is 5. The summed E-state index contributed by atoms with van der Waals surface area (Å²) in [5, 5.41) is 23.8. The first-order valence-electron chi connectivity index (χ1n) is 22.2. The lowest BCUT2D eigenvalue weighted by Gasteiger charge is -2.50. The number of hydrogen-bond donors (Lipinski definition) is 3. The number of fused-ring (bicyclic) bond motifs is 4. The van der Waals surface area contributed by atoms with E-state index in [9.17, 15) is 24.6 Å². The lowest BCUT2D eigenvalue weighted by atomic mass is 9.62. The van der Waals surface area contributed by atoms with Crippen molar-refractivity contribution in [1.29, 1.82) is 0 Å². The van der Waals surface area contributed by atoms with E-state index >= 15 is 4.79 Å². The third kappa shape index (κ3) is 10.0. The maximum absolute atomic E-state index is 15.6. The predicted molar refractivity (Wildman–Crippen MR) is 219 cm³/mol. The van der Waals surface area contributed by atoms with Crippen molar-refractivity contribution in [2.45, 2.75) is 179 Å². The molecule has 4 saturated heterocycles. The highest BCUT2D eigenvalue weighted by molar-refractivity contribution is 5.96.